The zero-order valence-electron chi connectivity index (χ0n) is 14.1. The van der Waals surface area contributed by atoms with Crippen LogP contribution < -0.4 is 16.6 Å². The number of nitrogens with zero attached hydrogens (tertiary/aromatic N) is 1. The number of hydrogen-bond acceptors (Lipinski definition) is 3. The standard InChI is InChI=1S/C20H19N3O3/c24-18(21-14-10-11-14)17(12-13-6-2-1-3-7-13)23-19(25)15-8-4-5-9-16(15)22-20(23)26/h1-9,14,17H,10-12H2,(H,21,24)(H,22,26)/t17-/m0/s1. The van der Waals surface area contributed by atoms with E-state index < -0.39 is 17.3 Å². The number of carbonyl (C=O) groups excluding carboxylic acids is 1. The minimum Gasteiger partial charge on any atom is -0.352 e. The Hall–Kier alpha value is -3.15. The van der Waals surface area contributed by atoms with E-state index in [0.29, 0.717) is 10.9 Å². The van der Waals surface area contributed by atoms with Gasteiger partial charge >= 0.3 is 5.69 Å². The highest BCUT2D eigenvalue weighted by Crippen LogP contribution is 2.21. The first-order chi connectivity index (χ1) is 12.6. The van der Waals surface area contributed by atoms with Crippen LogP contribution in [0.5, 0.6) is 0 Å². The molecule has 0 bridgehead atoms. The van der Waals surface area contributed by atoms with Crippen LogP contribution in [-0.4, -0.2) is 21.5 Å². The Morgan fingerprint density at radius 1 is 1.08 bits per heavy atom. The predicted octanol–water partition coefficient (Wildman–Crippen LogP) is 1.75. The van der Waals surface area contributed by atoms with E-state index in [0.717, 1.165) is 23.0 Å². The summed E-state index contributed by atoms with van der Waals surface area (Å²) in [6.45, 7) is 0. The molecule has 1 saturated carbocycles. The van der Waals surface area contributed by atoms with Crippen molar-refractivity contribution in [2.24, 2.45) is 0 Å². The minimum absolute atomic E-state index is 0.149. The molecule has 0 unspecified atom stereocenters. The van der Waals surface area contributed by atoms with Crippen LogP contribution in [0, 0.1) is 0 Å². The van der Waals surface area contributed by atoms with Gasteiger partial charge in [0.05, 0.1) is 10.9 Å². The predicted molar refractivity (Wildman–Crippen MR) is 99.2 cm³/mol. The molecule has 4 rings (SSSR count). The molecule has 1 fully saturated rings. The van der Waals surface area contributed by atoms with Gasteiger partial charge in [-0.15, -0.1) is 0 Å². The van der Waals surface area contributed by atoms with Gasteiger partial charge in [-0.2, -0.15) is 0 Å². The van der Waals surface area contributed by atoms with Crippen LogP contribution in [0.25, 0.3) is 10.9 Å². The second kappa shape index (κ2) is 6.63. The number of H-pyrrole nitrogens is 1. The third kappa shape index (κ3) is 3.18. The number of aromatic nitrogens is 2. The molecular formula is C20H19N3O3. The topological polar surface area (TPSA) is 84.0 Å². The van der Waals surface area contributed by atoms with Crippen molar-refractivity contribution in [1.82, 2.24) is 14.9 Å². The molecule has 6 nitrogen and oxygen atoms in total. The Labute approximate surface area is 149 Å². The zero-order valence-corrected chi connectivity index (χ0v) is 14.1. The van der Waals surface area contributed by atoms with Gasteiger partial charge in [0.25, 0.3) is 5.56 Å². The van der Waals surface area contributed by atoms with Crippen molar-refractivity contribution in [2.75, 3.05) is 0 Å². The molecular weight excluding hydrogens is 330 g/mol. The Morgan fingerprint density at radius 3 is 2.50 bits per heavy atom. The lowest BCUT2D eigenvalue weighted by Crippen LogP contribution is -2.45. The van der Waals surface area contributed by atoms with Gasteiger partial charge in [-0.05, 0) is 30.5 Å². The van der Waals surface area contributed by atoms with Gasteiger partial charge < -0.3 is 10.3 Å². The Kier molecular flexibility index (Phi) is 4.16. The summed E-state index contributed by atoms with van der Waals surface area (Å²) >= 11 is 0. The third-order valence-corrected chi connectivity index (χ3v) is 4.65. The van der Waals surface area contributed by atoms with Gasteiger partial charge in [0.1, 0.15) is 6.04 Å². The lowest BCUT2D eigenvalue weighted by atomic mass is 10.0. The van der Waals surface area contributed by atoms with E-state index in [2.05, 4.69) is 10.3 Å². The average Bonchev–Trinajstić information content (AvgIpc) is 3.45. The maximum atomic E-state index is 12.9. The highest BCUT2D eigenvalue weighted by atomic mass is 16.2. The molecule has 0 saturated heterocycles. The smallest absolute Gasteiger partial charge is 0.329 e. The fourth-order valence-electron chi connectivity index (χ4n) is 3.12. The molecule has 1 aliphatic carbocycles. The minimum atomic E-state index is -0.890. The number of fused-ring (bicyclic) bond motifs is 1. The monoisotopic (exact) mass is 349 g/mol. The summed E-state index contributed by atoms with van der Waals surface area (Å²) in [4.78, 5) is 41.1. The van der Waals surface area contributed by atoms with E-state index in [1.807, 2.05) is 30.3 Å². The van der Waals surface area contributed by atoms with Gasteiger partial charge in [-0.25, -0.2) is 9.36 Å². The van der Waals surface area contributed by atoms with Crippen LogP contribution in [0.3, 0.4) is 0 Å². The van der Waals surface area contributed by atoms with E-state index in [1.54, 1.807) is 24.3 Å². The number of benzene rings is 2. The molecule has 1 atom stereocenters. The fraction of sp³-hybridized carbons (Fsp3) is 0.250. The zero-order chi connectivity index (χ0) is 18.1. The number of rotatable bonds is 5. The van der Waals surface area contributed by atoms with Crippen LogP contribution in [0.15, 0.2) is 64.2 Å². The molecule has 1 aromatic heterocycles. The van der Waals surface area contributed by atoms with Crippen LogP contribution in [-0.2, 0) is 11.2 Å². The summed E-state index contributed by atoms with van der Waals surface area (Å²) in [6.07, 6.45) is 2.15. The fourth-order valence-corrected chi connectivity index (χ4v) is 3.12. The number of amides is 1. The Morgan fingerprint density at radius 2 is 1.77 bits per heavy atom. The molecule has 1 amide bonds. The number of hydrogen-bond donors (Lipinski definition) is 2. The number of nitrogens with one attached hydrogen (secondary N) is 2. The van der Waals surface area contributed by atoms with Gasteiger partial charge in [0, 0.05) is 12.5 Å². The van der Waals surface area contributed by atoms with Crippen molar-refractivity contribution in [3.8, 4) is 0 Å². The molecule has 2 N–H and O–H groups in total. The molecule has 0 aliphatic heterocycles. The summed E-state index contributed by atoms with van der Waals surface area (Å²) in [7, 11) is 0. The van der Waals surface area contributed by atoms with E-state index >= 15 is 0 Å². The van der Waals surface area contributed by atoms with Crippen LogP contribution in [0.4, 0.5) is 0 Å². The molecule has 2 aromatic carbocycles. The Balaban J connectivity index is 1.82. The van der Waals surface area contributed by atoms with Gasteiger partial charge in [-0.1, -0.05) is 42.5 Å². The third-order valence-electron chi connectivity index (χ3n) is 4.65. The first kappa shape index (κ1) is 16.3. The maximum absolute atomic E-state index is 12.9. The molecule has 132 valence electrons. The van der Waals surface area contributed by atoms with Gasteiger partial charge in [0.2, 0.25) is 5.91 Å². The average molecular weight is 349 g/mol. The molecule has 0 spiro atoms. The van der Waals surface area contributed by atoms with Crippen LogP contribution in [0.2, 0.25) is 0 Å². The summed E-state index contributed by atoms with van der Waals surface area (Å²) in [5.41, 5.74) is 0.347. The summed E-state index contributed by atoms with van der Waals surface area (Å²) in [5, 5.41) is 3.32. The molecule has 1 aliphatic rings. The second-order valence-corrected chi connectivity index (χ2v) is 6.64. The first-order valence-electron chi connectivity index (χ1n) is 8.71. The Bertz CT molecular complexity index is 1060. The first-order valence-corrected chi connectivity index (χ1v) is 8.71. The summed E-state index contributed by atoms with van der Waals surface area (Å²) < 4.78 is 1.05. The molecule has 3 aromatic rings. The lowest BCUT2D eigenvalue weighted by Gasteiger charge is -2.19. The molecule has 6 heteroatoms. The molecule has 1 heterocycles. The second-order valence-electron chi connectivity index (χ2n) is 6.64. The summed E-state index contributed by atoms with van der Waals surface area (Å²) in [5.74, 6) is -0.292. The molecule has 0 radical (unpaired) electrons. The lowest BCUT2D eigenvalue weighted by molar-refractivity contribution is -0.124. The van der Waals surface area contributed by atoms with Crippen LogP contribution >= 0.6 is 0 Å². The van der Waals surface area contributed by atoms with Crippen LogP contribution in [0.1, 0.15) is 24.4 Å². The number of carbonyl (C=O) groups is 1. The number of aromatic amines is 1. The van der Waals surface area contributed by atoms with Crippen molar-refractivity contribution in [2.45, 2.75) is 31.3 Å². The van der Waals surface area contributed by atoms with E-state index in [1.165, 1.54) is 0 Å². The maximum Gasteiger partial charge on any atom is 0.329 e. The SMILES string of the molecule is O=C(NC1CC1)[C@H](Cc1ccccc1)n1c(=O)[nH]c2ccccc2c1=O. The van der Waals surface area contributed by atoms with Crippen molar-refractivity contribution < 1.29 is 4.79 Å². The normalized spacial score (nSPS) is 14.9. The van der Waals surface area contributed by atoms with Crippen molar-refractivity contribution in [3.63, 3.8) is 0 Å². The highest BCUT2D eigenvalue weighted by molar-refractivity contribution is 5.82. The van der Waals surface area contributed by atoms with E-state index in [4.69, 9.17) is 0 Å². The number of para-hydroxylation sites is 1. The highest BCUT2D eigenvalue weighted by Gasteiger charge is 2.30. The molecule has 26 heavy (non-hydrogen) atoms. The van der Waals surface area contributed by atoms with Crippen molar-refractivity contribution in [1.29, 1.82) is 0 Å². The van der Waals surface area contributed by atoms with Crippen molar-refractivity contribution in [3.05, 3.63) is 81.0 Å². The summed E-state index contributed by atoms with van der Waals surface area (Å²) in [6, 6.07) is 15.5. The van der Waals surface area contributed by atoms with Gasteiger partial charge in [0.15, 0.2) is 0 Å². The van der Waals surface area contributed by atoms with E-state index in [9.17, 15) is 14.4 Å². The van der Waals surface area contributed by atoms with E-state index in [-0.39, 0.29) is 18.4 Å². The van der Waals surface area contributed by atoms with Crippen molar-refractivity contribution >= 4 is 16.8 Å². The van der Waals surface area contributed by atoms with Gasteiger partial charge in [-0.3, -0.25) is 9.59 Å². The quantitative estimate of drug-likeness (QED) is 0.736. The largest absolute Gasteiger partial charge is 0.352 e.